The van der Waals surface area contributed by atoms with Gasteiger partial charge in [-0.05, 0) is 24.1 Å². The van der Waals surface area contributed by atoms with Crippen LogP contribution >= 0.6 is 11.6 Å². The highest BCUT2D eigenvalue weighted by molar-refractivity contribution is 6.31. The molecule has 0 fully saturated rings. The predicted octanol–water partition coefficient (Wildman–Crippen LogP) is 3.41. The summed E-state index contributed by atoms with van der Waals surface area (Å²) in [5.41, 5.74) is 1.73. The largest absolute Gasteiger partial charge is 0.351 e. The van der Waals surface area contributed by atoms with Crippen LogP contribution in [0.3, 0.4) is 0 Å². The number of hydrogen-bond acceptors (Lipinski definition) is 3. The third-order valence-electron chi connectivity index (χ3n) is 3.44. The number of halogens is 1. The number of carbonyl (C=O) groups excluding carboxylic acids is 1. The molecule has 0 aliphatic heterocycles. The van der Waals surface area contributed by atoms with E-state index in [9.17, 15) is 4.79 Å². The van der Waals surface area contributed by atoms with Crippen molar-refractivity contribution in [1.82, 2.24) is 15.1 Å². The van der Waals surface area contributed by atoms with Crippen molar-refractivity contribution in [1.29, 1.82) is 5.26 Å². The van der Waals surface area contributed by atoms with E-state index in [1.54, 1.807) is 17.1 Å². The molecule has 0 aliphatic carbocycles. The normalized spacial score (nSPS) is 11.1. The third kappa shape index (κ3) is 4.97. The smallest absolute Gasteiger partial charge is 0.261 e. The van der Waals surface area contributed by atoms with Gasteiger partial charge in [0.1, 0.15) is 11.6 Å². The van der Waals surface area contributed by atoms with E-state index in [2.05, 4.69) is 10.4 Å². The second-order valence-electron chi connectivity index (χ2n) is 5.34. The van der Waals surface area contributed by atoms with Crippen LogP contribution in [0.2, 0.25) is 5.02 Å². The number of nitrogens with zero attached hydrogens (tertiary/aromatic N) is 3. The molecule has 1 N–H and O–H groups in total. The van der Waals surface area contributed by atoms with Gasteiger partial charge in [-0.25, -0.2) is 0 Å². The van der Waals surface area contributed by atoms with Crippen LogP contribution in [0.5, 0.6) is 0 Å². The summed E-state index contributed by atoms with van der Waals surface area (Å²) >= 11 is 6.14. The van der Waals surface area contributed by atoms with Crippen molar-refractivity contribution in [3.63, 3.8) is 0 Å². The van der Waals surface area contributed by atoms with Crippen LogP contribution in [0.15, 0.2) is 42.2 Å². The summed E-state index contributed by atoms with van der Waals surface area (Å²) in [5.74, 6) is -0.357. The predicted molar refractivity (Wildman–Crippen MR) is 94.3 cm³/mol. The third-order valence-corrected chi connectivity index (χ3v) is 3.80. The van der Waals surface area contributed by atoms with Crippen molar-refractivity contribution in [2.75, 3.05) is 6.54 Å². The van der Waals surface area contributed by atoms with Gasteiger partial charge in [0, 0.05) is 23.3 Å². The molecule has 0 saturated carbocycles. The molecular weight excluding hydrogens is 324 g/mol. The van der Waals surface area contributed by atoms with Crippen molar-refractivity contribution in [3.05, 3.63) is 58.4 Å². The minimum atomic E-state index is -0.357. The van der Waals surface area contributed by atoms with E-state index >= 15 is 0 Å². The highest BCUT2D eigenvalue weighted by Gasteiger charge is 2.09. The number of benzene rings is 1. The van der Waals surface area contributed by atoms with Crippen LogP contribution in [-0.4, -0.2) is 22.2 Å². The van der Waals surface area contributed by atoms with Crippen LogP contribution < -0.4 is 5.32 Å². The highest BCUT2D eigenvalue weighted by Crippen LogP contribution is 2.16. The van der Waals surface area contributed by atoms with Gasteiger partial charge >= 0.3 is 0 Å². The number of aromatic nitrogens is 2. The number of nitriles is 1. The van der Waals surface area contributed by atoms with Gasteiger partial charge in [-0.15, -0.1) is 0 Å². The standard InChI is InChI=1S/C18H19ClN4O/c1-2-3-8-21-18(24)16(10-20)9-14-11-22-23(12-14)13-15-6-4-5-7-17(15)19/h4-7,9,11-12H,2-3,8,13H2,1H3,(H,21,24)/b16-9+. The van der Waals surface area contributed by atoms with Crippen molar-refractivity contribution in [2.45, 2.75) is 26.3 Å². The molecule has 1 amide bonds. The number of unbranched alkanes of at least 4 members (excludes halogenated alkanes) is 1. The summed E-state index contributed by atoms with van der Waals surface area (Å²) in [4.78, 5) is 11.9. The quantitative estimate of drug-likeness (QED) is 0.476. The first kappa shape index (κ1) is 17.8. The topological polar surface area (TPSA) is 70.7 Å². The lowest BCUT2D eigenvalue weighted by atomic mass is 10.2. The maximum Gasteiger partial charge on any atom is 0.261 e. The summed E-state index contributed by atoms with van der Waals surface area (Å²) in [7, 11) is 0. The summed E-state index contributed by atoms with van der Waals surface area (Å²) in [6, 6.07) is 9.49. The van der Waals surface area contributed by atoms with Crippen LogP contribution in [0.4, 0.5) is 0 Å². The van der Waals surface area contributed by atoms with Gasteiger partial charge in [-0.2, -0.15) is 10.4 Å². The zero-order valence-corrected chi connectivity index (χ0v) is 14.3. The Morgan fingerprint density at radius 1 is 1.46 bits per heavy atom. The van der Waals surface area contributed by atoms with E-state index in [1.165, 1.54) is 6.08 Å². The number of amides is 1. The Morgan fingerprint density at radius 2 is 2.25 bits per heavy atom. The molecule has 0 saturated heterocycles. The molecule has 1 aromatic heterocycles. The molecular formula is C18H19ClN4O. The summed E-state index contributed by atoms with van der Waals surface area (Å²) in [6.07, 6.45) is 6.81. The first-order valence-corrected chi connectivity index (χ1v) is 8.17. The van der Waals surface area contributed by atoms with Gasteiger partial charge in [0.2, 0.25) is 0 Å². The lowest BCUT2D eigenvalue weighted by Crippen LogP contribution is -2.25. The molecule has 124 valence electrons. The van der Waals surface area contributed by atoms with Gasteiger partial charge in [0.25, 0.3) is 5.91 Å². The van der Waals surface area contributed by atoms with Gasteiger partial charge < -0.3 is 5.32 Å². The lowest BCUT2D eigenvalue weighted by molar-refractivity contribution is -0.117. The fourth-order valence-corrected chi connectivity index (χ4v) is 2.33. The van der Waals surface area contributed by atoms with Crippen molar-refractivity contribution >= 4 is 23.6 Å². The Hall–Kier alpha value is -2.58. The minimum Gasteiger partial charge on any atom is -0.351 e. The summed E-state index contributed by atoms with van der Waals surface area (Å²) in [6.45, 7) is 3.14. The van der Waals surface area contributed by atoms with Crippen molar-refractivity contribution in [2.24, 2.45) is 0 Å². The molecule has 0 radical (unpaired) electrons. The number of carbonyl (C=O) groups is 1. The van der Waals surface area contributed by atoms with Crippen LogP contribution in [0, 0.1) is 11.3 Å². The van der Waals surface area contributed by atoms with Gasteiger partial charge in [0.15, 0.2) is 0 Å². The molecule has 2 aromatic rings. The SMILES string of the molecule is CCCCNC(=O)/C(C#N)=C/c1cnn(Cc2ccccc2Cl)c1. The molecule has 0 bridgehead atoms. The molecule has 5 nitrogen and oxygen atoms in total. The second-order valence-corrected chi connectivity index (χ2v) is 5.75. The zero-order valence-electron chi connectivity index (χ0n) is 13.5. The van der Waals surface area contributed by atoms with Crippen LogP contribution in [0.25, 0.3) is 6.08 Å². The number of rotatable bonds is 7. The first-order valence-electron chi connectivity index (χ1n) is 7.80. The molecule has 6 heteroatoms. The molecule has 2 rings (SSSR count). The number of hydrogen-bond donors (Lipinski definition) is 1. The van der Waals surface area contributed by atoms with Gasteiger partial charge in [-0.1, -0.05) is 43.1 Å². The summed E-state index contributed by atoms with van der Waals surface area (Å²) in [5, 5.41) is 16.8. The number of nitrogens with one attached hydrogen (secondary N) is 1. The maximum absolute atomic E-state index is 11.9. The molecule has 0 spiro atoms. The van der Waals surface area contributed by atoms with E-state index in [0.717, 1.165) is 18.4 Å². The average molecular weight is 343 g/mol. The Bertz CT molecular complexity index is 773. The molecule has 24 heavy (non-hydrogen) atoms. The zero-order chi connectivity index (χ0) is 17.4. The molecule has 1 heterocycles. The highest BCUT2D eigenvalue weighted by atomic mass is 35.5. The van der Waals surface area contributed by atoms with Gasteiger partial charge in [-0.3, -0.25) is 9.48 Å². The summed E-state index contributed by atoms with van der Waals surface area (Å²) < 4.78 is 1.72. The Labute approximate surface area is 146 Å². The molecule has 1 aromatic carbocycles. The van der Waals surface area contributed by atoms with E-state index in [0.29, 0.717) is 23.7 Å². The van der Waals surface area contributed by atoms with E-state index in [1.807, 2.05) is 37.3 Å². The van der Waals surface area contributed by atoms with Crippen LogP contribution in [-0.2, 0) is 11.3 Å². The van der Waals surface area contributed by atoms with Crippen molar-refractivity contribution < 1.29 is 4.79 Å². The van der Waals surface area contributed by atoms with E-state index in [-0.39, 0.29) is 11.5 Å². The molecule has 0 atom stereocenters. The molecule has 0 aliphatic rings. The van der Waals surface area contributed by atoms with E-state index < -0.39 is 0 Å². The van der Waals surface area contributed by atoms with Crippen LogP contribution in [0.1, 0.15) is 30.9 Å². The lowest BCUT2D eigenvalue weighted by Gasteiger charge is -2.03. The minimum absolute atomic E-state index is 0.0726. The fraction of sp³-hybridized carbons (Fsp3) is 0.278. The van der Waals surface area contributed by atoms with E-state index in [4.69, 9.17) is 16.9 Å². The Kier molecular flexibility index (Phi) is 6.59. The van der Waals surface area contributed by atoms with Crippen molar-refractivity contribution in [3.8, 4) is 6.07 Å². The fourth-order valence-electron chi connectivity index (χ4n) is 2.13. The Balaban J connectivity index is 2.07. The molecule has 0 unspecified atom stereocenters. The maximum atomic E-state index is 11.9. The van der Waals surface area contributed by atoms with Gasteiger partial charge in [0.05, 0.1) is 12.7 Å². The monoisotopic (exact) mass is 342 g/mol. The average Bonchev–Trinajstić information content (AvgIpc) is 3.02. The first-order chi connectivity index (χ1) is 11.6. The Morgan fingerprint density at radius 3 is 2.96 bits per heavy atom. The second kappa shape index (κ2) is 8.90.